The van der Waals surface area contributed by atoms with Gasteiger partial charge in [0.15, 0.2) is 0 Å². The van der Waals surface area contributed by atoms with E-state index in [2.05, 4.69) is 30.6 Å². The number of carbonyl (C=O) groups excluding carboxylic acids is 2. The number of ether oxygens (including phenoxy) is 1. The molecule has 0 radical (unpaired) electrons. The molecule has 2 N–H and O–H groups in total. The highest BCUT2D eigenvalue weighted by atomic mass is 16.5. The lowest BCUT2D eigenvalue weighted by Gasteiger charge is -2.35. The summed E-state index contributed by atoms with van der Waals surface area (Å²) in [4.78, 5) is 36.2. The van der Waals surface area contributed by atoms with E-state index in [0.29, 0.717) is 12.2 Å². The summed E-state index contributed by atoms with van der Waals surface area (Å²) >= 11 is 0. The van der Waals surface area contributed by atoms with Gasteiger partial charge in [-0.05, 0) is 49.8 Å². The number of nitrogens with one attached hydrogen (secondary N) is 2. The van der Waals surface area contributed by atoms with E-state index in [1.807, 2.05) is 28.8 Å². The Morgan fingerprint density at radius 2 is 1.94 bits per heavy atom. The molecule has 1 atom stereocenters. The number of hydrogen-bond acceptors (Lipinski definition) is 7. The Labute approximate surface area is 204 Å². The molecule has 5 rings (SSSR count). The number of methoxy groups -OCH3 is 1. The third kappa shape index (κ3) is 4.91. The number of fused-ring (bicyclic) bond motifs is 2. The predicted octanol–water partition coefficient (Wildman–Crippen LogP) is 1.45. The van der Waals surface area contributed by atoms with Crippen LogP contribution in [0.25, 0.3) is 5.78 Å². The molecule has 184 valence electrons. The van der Waals surface area contributed by atoms with Crippen LogP contribution in [0.1, 0.15) is 43.0 Å². The third-order valence-corrected chi connectivity index (χ3v) is 6.86. The van der Waals surface area contributed by atoms with Crippen LogP contribution in [0, 0.1) is 0 Å². The summed E-state index contributed by atoms with van der Waals surface area (Å²) in [6.07, 6.45) is 6.70. The summed E-state index contributed by atoms with van der Waals surface area (Å²) < 4.78 is 7.06. The van der Waals surface area contributed by atoms with E-state index in [4.69, 9.17) is 4.74 Å². The van der Waals surface area contributed by atoms with Gasteiger partial charge in [-0.1, -0.05) is 12.1 Å². The minimum Gasteiger partial charge on any atom is -0.497 e. The van der Waals surface area contributed by atoms with Crippen molar-refractivity contribution < 1.29 is 14.3 Å². The molecule has 2 aromatic heterocycles. The minimum atomic E-state index is -0.628. The Hall–Kier alpha value is -3.69. The molecule has 0 unspecified atom stereocenters. The molecule has 2 aliphatic rings. The summed E-state index contributed by atoms with van der Waals surface area (Å²) in [7, 11) is 1.62. The fourth-order valence-corrected chi connectivity index (χ4v) is 5.12. The van der Waals surface area contributed by atoms with Gasteiger partial charge in [0.05, 0.1) is 12.8 Å². The molecule has 0 bridgehead atoms. The monoisotopic (exact) mass is 477 g/mol. The molecule has 10 nitrogen and oxygen atoms in total. The van der Waals surface area contributed by atoms with Crippen LogP contribution in [0.2, 0.25) is 0 Å². The third-order valence-electron chi connectivity index (χ3n) is 6.86. The van der Waals surface area contributed by atoms with Gasteiger partial charge in [-0.3, -0.25) is 9.59 Å². The highest BCUT2D eigenvalue weighted by molar-refractivity contribution is 5.87. The molecule has 0 saturated carbocycles. The predicted molar refractivity (Wildman–Crippen MR) is 130 cm³/mol. The molecule has 1 aliphatic carbocycles. The van der Waals surface area contributed by atoms with Gasteiger partial charge >= 0.3 is 0 Å². The second-order valence-electron chi connectivity index (χ2n) is 9.26. The van der Waals surface area contributed by atoms with Crippen LogP contribution < -0.4 is 20.3 Å². The van der Waals surface area contributed by atoms with Crippen molar-refractivity contribution in [3.05, 3.63) is 47.4 Å². The average molecular weight is 478 g/mol. The summed E-state index contributed by atoms with van der Waals surface area (Å²) in [6, 6.07) is 6.96. The summed E-state index contributed by atoms with van der Waals surface area (Å²) in [5.74, 6) is 2.12. The first-order valence-corrected chi connectivity index (χ1v) is 12.2. The van der Waals surface area contributed by atoms with E-state index in [0.717, 1.165) is 68.0 Å². The van der Waals surface area contributed by atoms with Crippen molar-refractivity contribution >= 4 is 23.4 Å². The van der Waals surface area contributed by atoms with Crippen LogP contribution in [0.15, 0.2) is 30.6 Å². The standard InChI is InChI=1S/C25H31N7O3/c1-16(33)28-22(14-17-6-8-19(35-2)9-7-17)23(34)29-18-10-12-31(13-11-18)24-20-4-3-5-21(20)30-25-26-15-27-32(24)25/h6-9,15,18,22H,3-5,10-14H2,1-2H3,(H,28,33)(H,29,34)/t22-/m1/s1. The van der Waals surface area contributed by atoms with E-state index in [9.17, 15) is 9.59 Å². The zero-order chi connectivity index (χ0) is 24.4. The lowest BCUT2D eigenvalue weighted by molar-refractivity contribution is -0.128. The van der Waals surface area contributed by atoms with Crippen LogP contribution in [0.4, 0.5) is 5.82 Å². The molecule has 10 heteroatoms. The number of nitrogens with zero attached hydrogens (tertiary/aromatic N) is 5. The maximum Gasteiger partial charge on any atom is 0.254 e. The molecule has 3 aromatic rings. The fourth-order valence-electron chi connectivity index (χ4n) is 5.12. The van der Waals surface area contributed by atoms with Gasteiger partial charge in [0.25, 0.3) is 5.78 Å². The van der Waals surface area contributed by atoms with Gasteiger partial charge in [0.1, 0.15) is 23.9 Å². The Kier molecular flexibility index (Phi) is 6.52. The molecule has 0 spiro atoms. The van der Waals surface area contributed by atoms with E-state index < -0.39 is 6.04 Å². The number of benzene rings is 1. The molecular formula is C25H31N7O3. The quantitative estimate of drug-likeness (QED) is 0.530. The first-order chi connectivity index (χ1) is 17.0. The van der Waals surface area contributed by atoms with E-state index in [-0.39, 0.29) is 17.9 Å². The average Bonchev–Trinajstić information content (AvgIpc) is 3.52. The van der Waals surface area contributed by atoms with Gasteiger partial charge in [0.2, 0.25) is 11.8 Å². The zero-order valence-corrected chi connectivity index (χ0v) is 20.2. The SMILES string of the molecule is COc1ccc(C[C@@H](NC(C)=O)C(=O)NC2CCN(c3c4c(nc5ncnn35)CCC4)CC2)cc1. The molecule has 1 fully saturated rings. The minimum absolute atomic E-state index is 0.0481. The maximum atomic E-state index is 13.1. The van der Waals surface area contributed by atoms with Crippen molar-refractivity contribution in [2.45, 2.75) is 57.5 Å². The Bertz CT molecular complexity index is 1220. The number of piperidine rings is 1. The lowest BCUT2D eigenvalue weighted by Crippen LogP contribution is -2.52. The Morgan fingerprint density at radius 1 is 1.17 bits per heavy atom. The van der Waals surface area contributed by atoms with Crippen LogP contribution in [-0.4, -0.2) is 63.7 Å². The van der Waals surface area contributed by atoms with Crippen LogP contribution in [0.5, 0.6) is 5.75 Å². The maximum absolute atomic E-state index is 13.1. The smallest absolute Gasteiger partial charge is 0.254 e. The van der Waals surface area contributed by atoms with Crippen molar-refractivity contribution in [2.75, 3.05) is 25.1 Å². The summed E-state index contributed by atoms with van der Waals surface area (Å²) in [5, 5.41) is 10.4. The van der Waals surface area contributed by atoms with Gasteiger partial charge in [0, 0.05) is 38.0 Å². The van der Waals surface area contributed by atoms with Crippen LogP contribution in [0.3, 0.4) is 0 Å². The second kappa shape index (κ2) is 9.89. The number of hydrogen-bond donors (Lipinski definition) is 2. The number of amides is 2. The molecule has 1 saturated heterocycles. The van der Waals surface area contributed by atoms with Crippen molar-refractivity contribution in [3.8, 4) is 5.75 Å². The molecule has 1 aliphatic heterocycles. The van der Waals surface area contributed by atoms with Crippen LogP contribution in [-0.2, 0) is 28.9 Å². The zero-order valence-electron chi connectivity index (χ0n) is 20.2. The normalized spacial score (nSPS) is 16.7. The van der Waals surface area contributed by atoms with Crippen molar-refractivity contribution in [1.82, 2.24) is 30.2 Å². The van der Waals surface area contributed by atoms with Gasteiger partial charge in [-0.25, -0.2) is 4.98 Å². The summed E-state index contributed by atoms with van der Waals surface area (Å²) in [6.45, 7) is 3.05. The van der Waals surface area contributed by atoms with Gasteiger partial charge in [-0.2, -0.15) is 14.6 Å². The number of aromatic nitrogens is 4. The molecule has 2 amide bonds. The second-order valence-corrected chi connectivity index (χ2v) is 9.26. The molecule has 1 aromatic carbocycles. The topological polar surface area (TPSA) is 114 Å². The van der Waals surface area contributed by atoms with Gasteiger partial charge in [-0.15, -0.1) is 0 Å². The van der Waals surface area contributed by atoms with Crippen molar-refractivity contribution in [1.29, 1.82) is 0 Å². The van der Waals surface area contributed by atoms with Gasteiger partial charge < -0.3 is 20.3 Å². The van der Waals surface area contributed by atoms with E-state index in [1.165, 1.54) is 12.5 Å². The number of rotatable bonds is 7. The Morgan fingerprint density at radius 3 is 2.66 bits per heavy atom. The number of carbonyl (C=O) groups is 2. The highest BCUT2D eigenvalue weighted by Gasteiger charge is 2.29. The highest BCUT2D eigenvalue weighted by Crippen LogP contribution is 2.32. The number of anilines is 1. The molecular weight excluding hydrogens is 446 g/mol. The van der Waals surface area contributed by atoms with Crippen molar-refractivity contribution in [2.24, 2.45) is 0 Å². The Balaban J connectivity index is 1.24. The fraction of sp³-hybridized carbons (Fsp3) is 0.480. The largest absolute Gasteiger partial charge is 0.497 e. The first kappa shape index (κ1) is 23.1. The van der Waals surface area contributed by atoms with E-state index in [1.54, 1.807) is 13.4 Å². The van der Waals surface area contributed by atoms with Crippen LogP contribution >= 0.6 is 0 Å². The summed E-state index contributed by atoms with van der Waals surface area (Å²) in [5.41, 5.74) is 3.36. The van der Waals surface area contributed by atoms with Crippen molar-refractivity contribution in [3.63, 3.8) is 0 Å². The molecule has 35 heavy (non-hydrogen) atoms. The lowest BCUT2D eigenvalue weighted by atomic mass is 10.0. The molecule has 3 heterocycles. The van der Waals surface area contributed by atoms with E-state index >= 15 is 0 Å². The first-order valence-electron chi connectivity index (χ1n) is 12.2. The number of aryl methyl sites for hydroxylation is 1.